The number of amides is 2. The van der Waals surface area contributed by atoms with Gasteiger partial charge in [0.15, 0.2) is 5.82 Å². The van der Waals surface area contributed by atoms with Crippen molar-refractivity contribution in [3.05, 3.63) is 41.1 Å². The van der Waals surface area contributed by atoms with Gasteiger partial charge >= 0.3 is 6.09 Å². The number of rotatable bonds is 2. The van der Waals surface area contributed by atoms with Crippen molar-refractivity contribution < 1.29 is 19.4 Å². The van der Waals surface area contributed by atoms with Crippen LogP contribution in [0.5, 0.6) is 5.75 Å². The summed E-state index contributed by atoms with van der Waals surface area (Å²) in [4.78, 5) is 26.3. The molecule has 0 saturated heterocycles. The van der Waals surface area contributed by atoms with Crippen LogP contribution >= 0.6 is 0 Å². The van der Waals surface area contributed by atoms with Gasteiger partial charge in [0.1, 0.15) is 11.4 Å². The van der Waals surface area contributed by atoms with Gasteiger partial charge in [-0.1, -0.05) is 6.07 Å². The van der Waals surface area contributed by atoms with Crippen molar-refractivity contribution in [3.8, 4) is 5.75 Å². The second kappa shape index (κ2) is 6.70. The molecule has 3 rings (SSSR count). The maximum atomic E-state index is 12.4. The van der Waals surface area contributed by atoms with Gasteiger partial charge in [-0.15, -0.1) is 0 Å². The Hall–Kier alpha value is -3.03. The normalized spacial score (nSPS) is 13.9. The number of phenolic OH excluding ortho intramolecular Hbond substituents is 1. The molecule has 0 saturated carbocycles. The van der Waals surface area contributed by atoms with E-state index in [2.05, 4.69) is 15.5 Å². The van der Waals surface area contributed by atoms with Crippen LogP contribution in [0.1, 0.15) is 42.4 Å². The molecule has 0 unspecified atom stereocenters. The molecule has 2 aromatic rings. The number of carbonyl (C=O) groups is 2. The third kappa shape index (κ3) is 3.96. The molecule has 2 amide bonds. The molecule has 0 spiro atoms. The number of hydrogen-bond acceptors (Lipinski definition) is 5. The van der Waals surface area contributed by atoms with E-state index in [-0.39, 0.29) is 11.7 Å². The fourth-order valence-corrected chi connectivity index (χ4v) is 2.71. The highest BCUT2D eigenvalue weighted by molar-refractivity contribution is 6.04. The molecule has 1 aromatic carbocycles. The first-order valence-corrected chi connectivity index (χ1v) is 8.37. The summed E-state index contributed by atoms with van der Waals surface area (Å²) in [7, 11) is 0. The molecule has 0 radical (unpaired) electrons. The lowest BCUT2D eigenvalue weighted by Crippen LogP contribution is -2.40. The molecule has 138 valence electrons. The highest BCUT2D eigenvalue weighted by Gasteiger charge is 2.29. The summed E-state index contributed by atoms with van der Waals surface area (Å²) in [5, 5.41) is 19.3. The fourth-order valence-electron chi connectivity index (χ4n) is 2.71. The predicted molar refractivity (Wildman–Crippen MR) is 95.0 cm³/mol. The summed E-state index contributed by atoms with van der Waals surface area (Å²) in [5.74, 6) is 0.00370. The van der Waals surface area contributed by atoms with Gasteiger partial charge in [-0.2, -0.15) is 5.10 Å². The minimum atomic E-state index is -0.569. The van der Waals surface area contributed by atoms with Crippen LogP contribution in [0.15, 0.2) is 24.3 Å². The molecule has 0 aliphatic carbocycles. The summed E-state index contributed by atoms with van der Waals surface area (Å²) in [6.45, 7) is 6.28. The summed E-state index contributed by atoms with van der Waals surface area (Å²) in [6, 6.07) is 6.06. The van der Waals surface area contributed by atoms with Crippen molar-refractivity contribution in [2.75, 3.05) is 11.9 Å². The van der Waals surface area contributed by atoms with Gasteiger partial charge in [-0.05, 0) is 39.0 Å². The lowest BCUT2D eigenvalue weighted by atomic mass is 10.1. The fraction of sp³-hybridized carbons (Fsp3) is 0.389. The van der Waals surface area contributed by atoms with Crippen LogP contribution in [0, 0.1) is 0 Å². The number of carbonyl (C=O) groups excluding carboxylic acids is 2. The maximum absolute atomic E-state index is 12.4. The Labute approximate surface area is 151 Å². The van der Waals surface area contributed by atoms with Crippen molar-refractivity contribution in [2.24, 2.45) is 0 Å². The van der Waals surface area contributed by atoms with Gasteiger partial charge in [0.25, 0.3) is 5.91 Å². The Morgan fingerprint density at radius 2 is 2.12 bits per heavy atom. The Kier molecular flexibility index (Phi) is 4.58. The molecule has 0 atom stereocenters. The smallest absolute Gasteiger partial charge is 0.410 e. The van der Waals surface area contributed by atoms with Gasteiger partial charge in [0, 0.05) is 29.8 Å². The van der Waals surface area contributed by atoms with Crippen LogP contribution in [-0.4, -0.2) is 44.4 Å². The molecular formula is C18H22N4O4. The van der Waals surface area contributed by atoms with E-state index in [1.54, 1.807) is 17.0 Å². The minimum Gasteiger partial charge on any atom is -0.508 e. The number of fused-ring (bicyclic) bond motifs is 1. The van der Waals surface area contributed by atoms with E-state index in [0.717, 1.165) is 11.3 Å². The summed E-state index contributed by atoms with van der Waals surface area (Å²) >= 11 is 0. The number of benzene rings is 1. The maximum Gasteiger partial charge on any atom is 0.410 e. The van der Waals surface area contributed by atoms with Crippen LogP contribution in [0.25, 0.3) is 0 Å². The lowest BCUT2D eigenvalue weighted by molar-refractivity contribution is 0.0224. The standard InChI is InChI=1S/C18H22N4O4/c1-18(2,3)26-17(25)22-8-7-14-13(10-22)15(21-20-14)19-16(24)11-5-4-6-12(23)9-11/h4-6,9,23H,7-8,10H2,1-3H3,(H2,19,20,21,24). The van der Waals surface area contributed by atoms with E-state index in [9.17, 15) is 14.7 Å². The number of nitrogens with one attached hydrogen (secondary N) is 2. The number of phenols is 1. The first-order chi connectivity index (χ1) is 12.2. The number of H-pyrrole nitrogens is 1. The van der Waals surface area contributed by atoms with Crippen molar-refractivity contribution in [1.82, 2.24) is 15.1 Å². The molecule has 1 aliphatic heterocycles. The average molecular weight is 358 g/mol. The number of aromatic amines is 1. The Balaban J connectivity index is 1.74. The molecule has 8 heteroatoms. The summed E-state index contributed by atoms with van der Waals surface area (Å²) in [6.07, 6.45) is 0.207. The Morgan fingerprint density at radius 1 is 1.35 bits per heavy atom. The number of hydrogen-bond donors (Lipinski definition) is 3. The largest absolute Gasteiger partial charge is 0.508 e. The minimum absolute atomic E-state index is 0.0119. The second-order valence-electron chi connectivity index (χ2n) is 7.19. The van der Waals surface area contributed by atoms with Gasteiger partial charge in [-0.3, -0.25) is 9.89 Å². The van der Waals surface area contributed by atoms with Crippen LogP contribution < -0.4 is 5.32 Å². The molecule has 3 N–H and O–H groups in total. The van der Waals surface area contributed by atoms with E-state index in [1.165, 1.54) is 12.1 Å². The van der Waals surface area contributed by atoms with Gasteiger partial charge in [0.05, 0.1) is 6.54 Å². The third-order valence-electron chi connectivity index (χ3n) is 3.93. The lowest BCUT2D eigenvalue weighted by Gasteiger charge is -2.30. The van der Waals surface area contributed by atoms with Crippen LogP contribution in [0.3, 0.4) is 0 Å². The number of nitrogens with zero attached hydrogens (tertiary/aromatic N) is 2. The highest BCUT2D eigenvalue weighted by atomic mass is 16.6. The predicted octanol–water partition coefficient (Wildman–Crippen LogP) is 2.66. The molecule has 2 heterocycles. The Morgan fingerprint density at radius 3 is 2.81 bits per heavy atom. The highest BCUT2D eigenvalue weighted by Crippen LogP contribution is 2.26. The zero-order valence-corrected chi connectivity index (χ0v) is 15.0. The quantitative estimate of drug-likeness (QED) is 0.765. The molecule has 1 aromatic heterocycles. The van der Waals surface area contributed by atoms with Crippen molar-refractivity contribution >= 4 is 17.8 Å². The van der Waals surface area contributed by atoms with Crippen molar-refractivity contribution in [3.63, 3.8) is 0 Å². The van der Waals surface area contributed by atoms with Crippen LogP contribution in [0.2, 0.25) is 0 Å². The van der Waals surface area contributed by atoms with E-state index in [1.807, 2.05) is 20.8 Å². The van der Waals surface area contributed by atoms with Gasteiger partial charge in [0.2, 0.25) is 0 Å². The monoisotopic (exact) mass is 358 g/mol. The van der Waals surface area contributed by atoms with Gasteiger partial charge in [-0.25, -0.2) is 4.79 Å². The van der Waals surface area contributed by atoms with Crippen molar-refractivity contribution in [2.45, 2.75) is 39.3 Å². The summed E-state index contributed by atoms with van der Waals surface area (Å²) in [5.41, 5.74) is 1.40. The first kappa shape index (κ1) is 17.8. The van der Waals surface area contributed by atoms with E-state index in [4.69, 9.17) is 4.74 Å². The molecule has 8 nitrogen and oxygen atoms in total. The average Bonchev–Trinajstić information content (AvgIpc) is 2.95. The molecule has 0 fully saturated rings. The zero-order chi connectivity index (χ0) is 18.9. The van der Waals surface area contributed by atoms with Crippen LogP contribution in [-0.2, 0) is 17.7 Å². The number of ether oxygens (including phenoxy) is 1. The van der Waals surface area contributed by atoms with E-state index >= 15 is 0 Å². The second-order valence-corrected chi connectivity index (χ2v) is 7.19. The third-order valence-corrected chi connectivity index (χ3v) is 3.93. The molecule has 0 bridgehead atoms. The first-order valence-electron chi connectivity index (χ1n) is 8.37. The molecule has 1 aliphatic rings. The van der Waals surface area contributed by atoms with Crippen molar-refractivity contribution in [1.29, 1.82) is 0 Å². The van der Waals surface area contributed by atoms with Gasteiger partial charge < -0.3 is 20.1 Å². The van der Waals surface area contributed by atoms with E-state index in [0.29, 0.717) is 30.9 Å². The SMILES string of the molecule is CC(C)(C)OC(=O)N1CCc2[nH]nc(NC(=O)c3cccc(O)c3)c2C1. The number of aromatic nitrogens is 2. The van der Waals surface area contributed by atoms with Crippen LogP contribution in [0.4, 0.5) is 10.6 Å². The Bertz CT molecular complexity index is 838. The summed E-state index contributed by atoms with van der Waals surface area (Å²) < 4.78 is 5.41. The van der Waals surface area contributed by atoms with E-state index < -0.39 is 11.7 Å². The zero-order valence-electron chi connectivity index (χ0n) is 15.0. The topological polar surface area (TPSA) is 108 Å². The number of anilines is 1. The molecule has 26 heavy (non-hydrogen) atoms. The molecular weight excluding hydrogens is 336 g/mol. The number of aromatic hydroxyl groups is 1.